The van der Waals surface area contributed by atoms with Crippen LogP contribution in [0.1, 0.15) is 92.9 Å². The molecule has 0 aliphatic heterocycles. The van der Waals surface area contributed by atoms with Crippen LogP contribution in [0.5, 0.6) is 0 Å². The van der Waals surface area contributed by atoms with Gasteiger partial charge in [0.25, 0.3) is 0 Å². The maximum Gasteiger partial charge on any atom is 0.159 e. The van der Waals surface area contributed by atoms with E-state index in [1.165, 1.54) is 5.57 Å². The van der Waals surface area contributed by atoms with Crippen molar-refractivity contribution in [1.29, 1.82) is 0 Å². The number of fused-ring (bicyclic) bond motifs is 4. The minimum absolute atomic E-state index is 0.129. The molecule has 35 heavy (non-hydrogen) atoms. The first-order valence-electron chi connectivity index (χ1n) is 13.7. The molecular weight excluding hydrogens is 440 g/mol. The molecule has 4 aliphatic carbocycles. The van der Waals surface area contributed by atoms with Gasteiger partial charge >= 0.3 is 0 Å². The average molecular weight is 487 g/mol. The summed E-state index contributed by atoms with van der Waals surface area (Å²) >= 11 is 0. The molecule has 7 atom stereocenters. The first-order valence-corrected chi connectivity index (χ1v) is 13.7. The van der Waals surface area contributed by atoms with Crippen molar-refractivity contribution in [3.8, 4) is 0 Å². The number of Topliss-reactive ketones (excluding diaryl/α,β-unsaturated/α-hetero) is 2. The zero-order valence-corrected chi connectivity index (χ0v) is 22.6. The lowest BCUT2D eigenvalue weighted by Gasteiger charge is -2.60. The van der Waals surface area contributed by atoms with Crippen LogP contribution in [0.15, 0.2) is 22.8 Å². The molecule has 3 N–H and O–H groups in total. The molecule has 0 spiro atoms. The molecule has 2 saturated carbocycles. The molecule has 4 rings (SSSR count). The third kappa shape index (κ3) is 3.67. The molecule has 0 bridgehead atoms. The van der Waals surface area contributed by atoms with Crippen LogP contribution < -0.4 is 0 Å². The molecule has 5 nitrogen and oxygen atoms in total. The number of aliphatic hydroxyl groups is 3. The van der Waals surface area contributed by atoms with E-state index in [1.807, 2.05) is 6.08 Å². The van der Waals surface area contributed by atoms with Crippen molar-refractivity contribution >= 4 is 11.6 Å². The normalized spacial score (nSPS) is 41.2. The summed E-state index contributed by atoms with van der Waals surface area (Å²) in [4.78, 5) is 26.9. The highest BCUT2D eigenvalue weighted by molar-refractivity contribution is 6.00. The van der Waals surface area contributed by atoms with E-state index in [1.54, 1.807) is 0 Å². The van der Waals surface area contributed by atoms with Gasteiger partial charge in [-0.3, -0.25) is 9.59 Å². The van der Waals surface area contributed by atoms with Crippen molar-refractivity contribution in [2.45, 2.75) is 99.0 Å². The Morgan fingerprint density at radius 3 is 2.37 bits per heavy atom. The number of hydrogen-bond acceptors (Lipinski definition) is 5. The topological polar surface area (TPSA) is 94.8 Å². The smallest absolute Gasteiger partial charge is 0.159 e. The van der Waals surface area contributed by atoms with Crippen molar-refractivity contribution in [2.75, 3.05) is 13.2 Å². The van der Waals surface area contributed by atoms with Gasteiger partial charge in [0.05, 0.1) is 19.3 Å². The van der Waals surface area contributed by atoms with Gasteiger partial charge in [-0.25, -0.2) is 0 Å². The minimum atomic E-state index is -0.489. The number of allylic oxidation sites excluding steroid dienone is 2. The molecule has 0 aromatic rings. The lowest BCUT2D eigenvalue weighted by molar-refractivity contribution is -0.143. The van der Waals surface area contributed by atoms with Crippen molar-refractivity contribution in [2.24, 2.45) is 39.4 Å². The van der Waals surface area contributed by atoms with Crippen LogP contribution in [0.25, 0.3) is 0 Å². The summed E-state index contributed by atoms with van der Waals surface area (Å²) in [6.45, 7) is 12.8. The fourth-order valence-electron chi connectivity index (χ4n) is 9.18. The molecule has 0 saturated heterocycles. The van der Waals surface area contributed by atoms with Crippen LogP contribution in [-0.4, -0.2) is 46.2 Å². The molecule has 0 aromatic carbocycles. The fraction of sp³-hybridized carbons (Fsp3) is 0.800. The van der Waals surface area contributed by atoms with Crippen LogP contribution in [-0.2, 0) is 9.59 Å². The van der Waals surface area contributed by atoms with E-state index in [9.17, 15) is 24.9 Å². The Kier molecular flexibility index (Phi) is 6.82. The van der Waals surface area contributed by atoms with Crippen molar-refractivity contribution in [1.82, 2.24) is 0 Å². The Labute approximate surface area is 211 Å². The molecule has 0 amide bonds. The van der Waals surface area contributed by atoms with E-state index < -0.39 is 16.9 Å². The second-order valence-electron chi connectivity index (χ2n) is 13.3. The Balaban J connectivity index is 1.70. The zero-order chi connectivity index (χ0) is 26.0. The summed E-state index contributed by atoms with van der Waals surface area (Å²) in [6, 6.07) is 0. The van der Waals surface area contributed by atoms with Crippen LogP contribution in [0.3, 0.4) is 0 Å². The molecule has 0 aromatic heterocycles. The summed E-state index contributed by atoms with van der Waals surface area (Å²) in [7, 11) is 0. The van der Waals surface area contributed by atoms with E-state index in [0.717, 1.165) is 37.7 Å². The highest BCUT2D eigenvalue weighted by atomic mass is 16.3. The number of ketones is 2. The molecule has 196 valence electrons. The molecule has 4 aliphatic rings. The maximum atomic E-state index is 14.0. The number of rotatable bonds is 6. The minimum Gasteiger partial charge on any atom is -0.392 e. The summed E-state index contributed by atoms with van der Waals surface area (Å²) in [5.74, 6) is 1.25. The van der Waals surface area contributed by atoms with Gasteiger partial charge in [-0.2, -0.15) is 0 Å². The Bertz CT molecular complexity index is 954. The van der Waals surface area contributed by atoms with Crippen molar-refractivity contribution in [3.63, 3.8) is 0 Å². The predicted octanol–water partition coefficient (Wildman–Crippen LogP) is 4.78. The SMILES string of the molecule is CC(CCC=C(CO)CO)C1CC(O)C2(C)C3=C(C(=O)CC12C)C1(C)CCC(=O)C(C)(C)C1CC3. The zero-order valence-electron chi connectivity index (χ0n) is 22.6. The lowest BCUT2D eigenvalue weighted by Crippen LogP contribution is -2.57. The average Bonchev–Trinajstić information content (AvgIpc) is 3.00. The van der Waals surface area contributed by atoms with Crippen molar-refractivity contribution in [3.05, 3.63) is 22.8 Å². The van der Waals surface area contributed by atoms with Crippen LogP contribution in [0, 0.1) is 39.4 Å². The number of carbonyl (C=O) groups excluding carboxylic acids is 2. The third-order valence-electron chi connectivity index (χ3n) is 11.5. The van der Waals surface area contributed by atoms with Crippen molar-refractivity contribution < 1.29 is 24.9 Å². The molecule has 0 radical (unpaired) electrons. The summed E-state index contributed by atoms with van der Waals surface area (Å²) in [5.41, 5.74) is 1.31. The van der Waals surface area contributed by atoms with Gasteiger partial charge in [0.2, 0.25) is 0 Å². The Morgan fingerprint density at radius 1 is 1.09 bits per heavy atom. The molecule has 7 unspecified atom stereocenters. The second-order valence-corrected chi connectivity index (χ2v) is 13.3. The summed E-state index contributed by atoms with van der Waals surface area (Å²) in [5, 5.41) is 30.3. The summed E-state index contributed by atoms with van der Waals surface area (Å²) < 4.78 is 0. The predicted molar refractivity (Wildman–Crippen MR) is 136 cm³/mol. The lowest BCUT2D eigenvalue weighted by atomic mass is 9.43. The Hall–Kier alpha value is -1.30. The third-order valence-corrected chi connectivity index (χ3v) is 11.5. The Morgan fingerprint density at radius 2 is 1.74 bits per heavy atom. The van der Waals surface area contributed by atoms with E-state index >= 15 is 0 Å². The fourth-order valence-corrected chi connectivity index (χ4v) is 9.18. The standard InChI is InChI=1S/C30H46O5/c1-18(8-7-9-19(16-31)17-32)21-14-25(35)30(6)20-10-11-23-27(2,3)24(34)12-13-28(23,4)26(20)22(33)15-29(21,30)5/h9,18,21,23,25,31-32,35H,7-8,10-17H2,1-6H3. The van der Waals surface area contributed by atoms with Gasteiger partial charge in [-0.15, -0.1) is 0 Å². The van der Waals surface area contributed by atoms with Gasteiger partial charge in [-0.05, 0) is 67.3 Å². The van der Waals surface area contributed by atoms with Gasteiger partial charge in [-0.1, -0.05) is 53.2 Å². The molecule has 0 heterocycles. The number of hydrogen-bond donors (Lipinski definition) is 3. The summed E-state index contributed by atoms with van der Waals surface area (Å²) in [6.07, 6.45) is 7.19. The molecule has 5 heteroatoms. The monoisotopic (exact) mass is 486 g/mol. The van der Waals surface area contributed by atoms with Crippen LogP contribution >= 0.6 is 0 Å². The van der Waals surface area contributed by atoms with Gasteiger partial charge in [0.1, 0.15) is 5.78 Å². The highest BCUT2D eigenvalue weighted by Gasteiger charge is 2.68. The van der Waals surface area contributed by atoms with E-state index in [4.69, 9.17) is 0 Å². The van der Waals surface area contributed by atoms with E-state index in [-0.39, 0.29) is 41.7 Å². The largest absolute Gasteiger partial charge is 0.392 e. The van der Waals surface area contributed by atoms with Gasteiger partial charge < -0.3 is 15.3 Å². The number of carbonyl (C=O) groups is 2. The van der Waals surface area contributed by atoms with Gasteiger partial charge in [0, 0.05) is 34.7 Å². The maximum absolute atomic E-state index is 14.0. The van der Waals surface area contributed by atoms with E-state index in [2.05, 4.69) is 41.5 Å². The number of aliphatic hydroxyl groups excluding tert-OH is 3. The highest BCUT2D eigenvalue weighted by Crippen LogP contribution is 2.71. The second kappa shape index (κ2) is 8.92. The van der Waals surface area contributed by atoms with Crippen LogP contribution in [0.2, 0.25) is 0 Å². The van der Waals surface area contributed by atoms with Crippen LogP contribution in [0.4, 0.5) is 0 Å². The quantitative estimate of drug-likeness (QED) is 0.470. The van der Waals surface area contributed by atoms with E-state index in [0.29, 0.717) is 36.5 Å². The van der Waals surface area contributed by atoms with Gasteiger partial charge in [0.15, 0.2) is 5.78 Å². The first-order chi connectivity index (χ1) is 16.3. The molecular formula is C30H46O5. The first kappa shape index (κ1) is 26.8. The molecule has 2 fully saturated rings.